The van der Waals surface area contributed by atoms with Gasteiger partial charge in [-0.05, 0) is 42.5 Å². The van der Waals surface area contributed by atoms with Gasteiger partial charge in [0.1, 0.15) is 6.33 Å². The fourth-order valence-corrected chi connectivity index (χ4v) is 4.26. The molecule has 6 heteroatoms. The number of nitrogens with one attached hydrogen (secondary N) is 1. The Kier molecular flexibility index (Phi) is 5.53. The summed E-state index contributed by atoms with van der Waals surface area (Å²) in [4.78, 5) is 19.2. The molecular weight excluding hydrogens is 356 g/mol. The molecule has 1 N–H and O–H groups in total. The Morgan fingerprint density at radius 3 is 2.67 bits per heavy atom. The molecule has 1 atom stereocenters. The zero-order chi connectivity index (χ0) is 18.5. The molecule has 0 radical (unpaired) electrons. The second-order valence-electron chi connectivity index (χ2n) is 6.76. The summed E-state index contributed by atoms with van der Waals surface area (Å²) in [6.07, 6.45) is 4.59. The molecule has 1 unspecified atom stereocenters. The third-order valence-corrected chi connectivity index (χ3v) is 5.87. The normalized spacial score (nSPS) is 16.6. The second kappa shape index (κ2) is 8.39. The van der Waals surface area contributed by atoms with Gasteiger partial charge in [-0.1, -0.05) is 54.2 Å². The Bertz CT molecular complexity index is 865. The third-order valence-electron chi connectivity index (χ3n) is 4.92. The molecule has 138 valence electrons. The van der Waals surface area contributed by atoms with Crippen LogP contribution >= 0.6 is 11.8 Å². The predicted molar refractivity (Wildman–Crippen MR) is 107 cm³/mol. The number of aromatic nitrogens is 3. The average Bonchev–Trinajstić information content (AvgIpc) is 3.39. The van der Waals surface area contributed by atoms with Gasteiger partial charge < -0.3 is 4.90 Å². The molecule has 1 aliphatic rings. The van der Waals surface area contributed by atoms with Gasteiger partial charge >= 0.3 is 0 Å². The van der Waals surface area contributed by atoms with Gasteiger partial charge in [0.05, 0.1) is 0 Å². The first-order valence-electron chi connectivity index (χ1n) is 9.21. The molecule has 1 amide bonds. The number of carbonyl (C=O) groups excluding carboxylic acids is 1. The van der Waals surface area contributed by atoms with Crippen molar-refractivity contribution in [2.45, 2.75) is 36.2 Å². The summed E-state index contributed by atoms with van der Waals surface area (Å²) in [5.74, 6) is 0.937. The molecule has 1 aliphatic heterocycles. The van der Waals surface area contributed by atoms with E-state index in [4.69, 9.17) is 0 Å². The van der Waals surface area contributed by atoms with Crippen molar-refractivity contribution in [2.24, 2.45) is 0 Å². The van der Waals surface area contributed by atoms with Gasteiger partial charge in [0, 0.05) is 23.9 Å². The number of rotatable bonds is 6. The Balaban J connectivity index is 1.39. The van der Waals surface area contributed by atoms with Gasteiger partial charge in [-0.2, -0.15) is 5.10 Å². The summed E-state index contributed by atoms with van der Waals surface area (Å²) in [5.41, 5.74) is 3.22. The smallest absolute Gasteiger partial charge is 0.254 e. The lowest BCUT2D eigenvalue weighted by molar-refractivity contribution is 0.0736. The third kappa shape index (κ3) is 4.39. The van der Waals surface area contributed by atoms with E-state index in [-0.39, 0.29) is 5.91 Å². The van der Waals surface area contributed by atoms with Crippen molar-refractivity contribution in [2.75, 3.05) is 6.54 Å². The molecular formula is C21H22N4OS. The summed E-state index contributed by atoms with van der Waals surface area (Å²) in [5, 5.41) is 7.49. The Morgan fingerprint density at radius 1 is 1.11 bits per heavy atom. The van der Waals surface area contributed by atoms with Crippen LogP contribution in [0.3, 0.4) is 0 Å². The number of amides is 1. The molecule has 4 rings (SSSR count). The number of benzene rings is 2. The van der Waals surface area contributed by atoms with Gasteiger partial charge in [0.15, 0.2) is 5.16 Å². The van der Waals surface area contributed by atoms with Crippen molar-refractivity contribution in [3.63, 3.8) is 0 Å². The van der Waals surface area contributed by atoms with E-state index < -0.39 is 0 Å². The van der Waals surface area contributed by atoms with Crippen LogP contribution in [0.15, 0.2) is 66.1 Å². The number of thioether (sulfide) groups is 1. The first-order valence-corrected chi connectivity index (χ1v) is 10.2. The van der Waals surface area contributed by atoms with Crippen molar-refractivity contribution in [1.82, 2.24) is 20.1 Å². The quantitative estimate of drug-likeness (QED) is 0.660. The van der Waals surface area contributed by atoms with E-state index in [0.717, 1.165) is 47.8 Å². The van der Waals surface area contributed by atoms with E-state index >= 15 is 0 Å². The Hall–Kier alpha value is -2.60. The molecule has 1 aromatic heterocycles. The van der Waals surface area contributed by atoms with Crippen LogP contribution in [0.1, 0.15) is 34.3 Å². The molecule has 1 saturated heterocycles. The highest BCUT2D eigenvalue weighted by Crippen LogP contribution is 2.24. The van der Waals surface area contributed by atoms with Gasteiger partial charge in [-0.25, -0.2) is 4.98 Å². The van der Waals surface area contributed by atoms with Crippen molar-refractivity contribution in [3.8, 4) is 0 Å². The number of nitrogens with zero attached hydrogens (tertiary/aromatic N) is 3. The molecule has 5 nitrogen and oxygen atoms in total. The topological polar surface area (TPSA) is 61.9 Å². The fourth-order valence-electron chi connectivity index (χ4n) is 3.53. The minimum atomic E-state index is 0.142. The zero-order valence-corrected chi connectivity index (χ0v) is 15.9. The maximum absolute atomic E-state index is 13.0. The standard InChI is InChI=1S/C21H22N4OS/c26-20(25-12-4-7-19(25)13-16-5-2-1-3-6-16)18-10-8-17(9-11-18)14-27-21-22-15-23-24-21/h1-3,5-6,8-11,15,19H,4,7,12-14H2,(H,22,23,24). The molecule has 0 saturated carbocycles. The van der Waals surface area contributed by atoms with Crippen LogP contribution in [0.4, 0.5) is 0 Å². The highest BCUT2D eigenvalue weighted by Gasteiger charge is 2.29. The van der Waals surface area contributed by atoms with Crippen LogP contribution in [-0.4, -0.2) is 38.6 Å². The number of carbonyl (C=O) groups is 1. The minimum Gasteiger partial charge on any atom is -0.335 e. The summed E-state index contributed by atoms with van der Waals surface area (Å²) in [6.45, 7) is 0.847. The lowest BCUT2D eigenvalue weighted by Gasteiger charge is -2.25. The molecule has 0 spiro atoms. The van der Waals surface area contributed by atoms with Gasteiger partial charge in [-0.3, -0.25) is 9.89 Å². The van der Waals surface area contributed by atoms with Crippen molar-refractivity contribution in [1.29, 1.82) is 0 Å². The van der Waals surface area contributed by atoms with Crippen molar-refractivity contribution >= 4 is 17.7 Å². The fraction of sp³-hybridized carbons (Fsp3) is 0.286. The first-order chi connectivity index (χ1) is 13.3. The van der Waals surface area contributed by atoms with Gasteiger partial charge in [-0.15, -0.1) is 0 Å². The average molecular weight is 379 g/mol. The summed E-state index contributed by atoms with van der Waals surface area (Å²) >= 11 is 1.60. The van der Waals surface area contributed by atoms with E-state index in [1.54, 1.807) is 11.8 Å². The van der Waals surface area contributed by atoms with Crippen molar-refractivity contribution < 1.29 is 4.79 Å². The van der Waals surface area contributed by atoms with E-state index in [1.807, 2.05) is 35.2 Å². The van der Waals surface area contributed by atoms with Crippen LogP contribution in [0.25, 0.3) is 0 Å². The highest BCUT2D eigenvalue weighted by atomic mass is 32.2. The van der Waals surface area contributed by atoms with E-state index in [2.05, 4.69) is 39.4 Å². The molecule has 0 aliphatic carbocycles. The minimum absolute atomic E-state index is 0.142. The van der Waals surface area contributed by atoms with E-state index in [9.17, 15) is 4.79 Å². The van der Waals surface area contributed by atoms with Crippen molar-refractivity contribution in [3.05, 3.63) is 77.6 Å². The van der Waals surface area contributed by atoms with E-state index in [1.165, 1.54) is 11.9 Å². The highest BCUT2D eigenvalue weighted by molar-refractivity contribution is 7.98. The first kappa shape index (κ1) is 17.8. The molecule has 0 bridgehead atoms. The Labute approximate surface area is 163 Å². The predicted octanol–water partition coefficient (Wildman–Crippen LogP) is 3.94. The van der Waals surface area contributed by atoms with Gasteiger partial charge in [0.2, 0.25) is 0 Å². The summed E-state index contributed by atoms with van der Waals surface area (Å²) in [6, 6.07) is 18.7. The number of H-pyrrole nitrogens is 1. The summed E-state index contributed by atoms with van der Waals surface area (Å²) in [7, 11) is 0. The molecule has 27 heavy (non-hydrogen) atoms. The lowest BCUT2D eigenvalue weighted by Crippen LogP contribution is -2.36. The largest absolute Gasteiger partial charge is 0.335 e. The maximum Gasteiger partial charge on any atom is 0.254 e. The SMILES string of the molecule is O=C(c1ccc(CSc2ncn[nH]2)cc1)N1CCCC1Cc1ccccc1. The van der Waals surface area contributed by atoms with Crippen LogP contribution < -0.4 is 0 Å². The van der Waals surface area contributed by atoms with Crippen LogP contribution in [0, 0.1) is 0 Å². The van der Waals surface area contributed by atoms with Crippen LogP contribution in [0.5, 0.6) is 0 Å². The number of hydrogen-bond donors (Lipinski definition) is 1. The zero-order valence-electron chi connectivity index (χ0n) is 15.0. The molecule has 1 fully saturated rings. The molecule has 3 aromatic rings. The number of aromatic amines is 1. The van der Waals surface area contributed by atoms with Gasteiger partial charge in [0.25, 0.3) is 5.91 Å². The molecule has 2 aromatic carbocycles. The van der Waals surface area contributed by atoms with E-state index in [0.29, 0.717) is 6.04 Å². The monoisotopic (exact) mass is 378 g/mol. The Morgan fingerprint density at radius 2 is 1.93 bits per heavy atom. The maximum atomic E-state index is 13.0. The second-order valence-corrected chi connectivity index (χ2v) is 7.72. The number of likely N-dealkylation sites (tertiary alicyclic amines) is 1. The lowest BCUT2D eigenvalue weighted by atomic mass is 10.0. The number of hydrogen-bond acceptors (Lipinski definition) is 4. The summed E-state index contributed by atoms with van der Waals surface area (Å²) < 4.78 is 0. The molecule has 2 heterocycles. The van der Waals surface area contributed by atoms with Crippen LogP contribution in [-0.2, 0) is 12.2 Å². The van der Waals surface area contributed by atoms with Crippen LogP contribution in [0.2, 0.25) is 0 Å².